The van der Waals surface area contributed by atoms with Crippen LogP contribution in [0.25, 0.3) is 0 Å². The predicted molar refractivity (Wildman–Crippen MR) is 26.2 cm³/mol. The van der Waals surface area contributed by atoms with E-state index in [1.54, 1.807) is 0 Å². The minimum absolute atomic E-state index is 0. The molecule has 0 spiro atoms. The van der Waals surface area contributed by atoms with E-state index < -0.39 is 0 Å². The zero-order chi connectivity index (χ0) is 6.12. The molecule has 0 bridgehead atoms. The van der Waals surface area contributed by atoms with Gasteiger partial charge in [0, 0.05) is 6.61 Å². The van der Waals surface area contributed by atoms with E-state index in [4.69, 9.17) is 15.2 Å². The van der Waals surface area contributed by atoms with Gasteiger partial charge in [0.15, 0.2) is 0 Å². The average molecular weight is 128 g/mol. The van der Waals surface area contributed by atoms with Gasteiger partial charge in [0.2, 0.25) is 0 Å². The van der Waals surface area contributed by atoms with Crippen molar-refractivity contribution in [3.63, 3.8) is 0 Å². The molecule has 0 unspecified atom stereocenters. The summed E-state index contributed by atoms with van der Waals surface area (Å²) in [6.07, 6.45) is 0.625. The first kappa shape index (κ1) is 15.8. The Kier molecular flexibility index (Phi) is 52.0. The fraction of sp³-hybridized carbons (Fsp3) is 0.667. The second-order valence-electron chi connectivity index (χ2n) is 0.652. The van der Waals surface area contributed by atoms with Crippen molar-refractivity contribution in [2.45, 2.75) is 6.42 Å². The Hall–Kier alpha value is 0.360. The third-order valence-corrected chi connectivity index (χ3v) is 0.158. The Balaban J connectivity index is -0.0000000575. The van der Waals surface area contributed by atoms with Crippen LogP contribution in [0.3, 0.4) is 0 Å². The number of hydrogen-bond acceptors (Lipinski definition) is 4. The van der Waals surface area contributed by atoms with Crippen molar-refractivity contribution in [2.75, 3.05) is 6.61 Å². The van der Waals surface area contributed by atoms with Crippen LogP contribution in [0, 0.1) is 17.0 Å². The van der Waals surface area contributed by atoms with Crippen LogP contribution in [0.5, 0.6) is 0 Å². The van der Waals surface area contributed by atoms with Crippen LogP contribution in [0.4, 0.5) is 0 Å². The van der Waals surface area contributed by atoms with Crippen molar-refractivity contribution >= 4 is 0 Å². The van der Waals surface area contributed by atoms with Crippen LogP contribution >= 0.6 is 0 Å². The molecule has 1 N–H and O–H groups in total. The monoisotopic (exact) mass is 128 g/mol. The van der Waals surface area contributed by atoms with Gasteiger partial charge >= 0.3 is 29.6 Å². The van der Waals surface area contributed by atoms with Crippen LogP contribution < -0.4 is 29.6 Å². The van der Waals surface area contributed by atoms with Gasteiger partial charge in [0.1, 0.15) is 0 Å². The summed E-state index contributed by atoms with van der Waals surface area (Å²) in [6.45, 7) is 3.56. The number of aliphatic hydroxyl groups excluding tert-OH is 1. The molecule has 0 aromatic heterocycles. The smallest absolute Gasteiger partial charge is 0.444 e. The first-order valence-electron chi connectivity index (χ1n) is 1.68. The SMILES string of the molecule is O=N[O-].[CH2]CCO.[Na+]. The van der Waals surface area contributed by atoms with E-state index in [-0.39, 0.29) is 36.2 Å². The van der Waals surface area contributed by atoms with Gasteiger partial charge in [0.25, 0.3) is 0 Å². The topological polar surface area (TPSA) is 72.7 Å². The molecular formula is C3H7NNaO3. The fourth-order valence-electron chi connectivity index (χ4n) is 0. The number of aliphatic hydroxyl groups is 1. The average Bonchev–Trinajstić information content (AvgIpc) is 1.69. The van der Waals surface area contributed by atoms with Crippen molar-refractivity contribution < 1.29 is 34.7 Å². The Morgan fingerprint density at radius 2 is 1.88 bits per heavy atom. The Bertz CT molecular complexity index is 33.7. The van der Waals surface area contributed by atoms with Gasteiger partial charge in [-0.05, 0) is 6.42 Å². The molecule has 0 aromatic rings. The summed E-state index contributed by atoms with van der Waals surface area (Å²) in [5.74, 6) is 0. The van der Waals surface area contributed by atoms with Gasteiger partial charge in [-0.1, -0.05) is 6.92 Å². The van der Waals surface area contributed by atoms with E-state index in [2.05, 4.69) is 6.92 Å². The zero-order valence-corrected chi connectivity index (χ0v) is 6.83. The van der Waals surface area contributed by atoms with Gasteiger partial charge in [0.05, 0.1) is 0 Å². The second-order valence-corrected chi connectivity index (χ2v) is 0.652. The number of rotatable bonds is 1. The Morgan fingerprint density at radius 1 is 1.75 bits per heavy atom. The minimum Gasteiger partial charge on any atom is -0.444 e. The van der Waals surface area contributed by atoms with Gasteiger partial charge in [-0.25, -0.2) is 0 Å². The molecule has 43 valence electrons. The molecule has 0 aliphatic heterocycles. The minimum atomic E-state index is 0. The molecule has 0 atom stereocenters. The van der Waals surface area contributed by atoms with Gasteiger partial charge < -0.3 is 15.2 Å². The zero-order valence-electron chi connectivity index (χ0n) is 4.83. The summed E-state index contributed by atoms with van der Waals surface area (Å²) < 4.78 is 0. The molecule has 0 heterocycles. The maximum absolute atomic E-state index is 8.00. The molecular weight excluding hydrogens is 121 g/mol. The summed E-state index contributed by atoms with van der Waals surface area (Å²) in [5.41, 5.74) is 0. The van der Waals surface area contributed by atoms with Crippen LogP contribution in [0.15, 0.2) is 5.34 Å². The third-order valence-electron chi connectivity index (χ3n) is 0.158. The first-order chi connectivity index (χ1) is 3.33. The maximum Gasteiger partial charge on any atom is 1.00 e. The molecule has 8 heavy (non-hydrogen) atoms. The van der Waals surface area contributed by atoms with E-state index in [0.717, 1.165) is 5.34 Å². The molecule has 0 amide bonds. The molecule has 4 nitrogen and oxygen atoms in total. The fourth-order valence-corrected chi connectivity index (χ4v) is 0. The van der Waals surface area contributed by atoms with E-state index in [1.165, 1.54) is 0 Å². The van der Waals surface area contributed by atoms with E-state index in [9.17, 15) is 0 Å². The molecule has 0 saturated heterocycles. The molecule has 0 aliphatic rings. The normalized spacial score (nSPS) is 5.25. The van der Waals surface area contributed by atoms with Crippen LogP contribution in [0.1, 0.15) is 6.42 Å². The van der Waals surface area contributed by atoms with Crippen molar-refractivity contribution in [3.8, 4) is 0 Å². The molecule has 1 radical (unpaired) electrons. The summed E-state index contributed by atoms with van der Waals surface area (Å²) in [6, 6.07) is 0. The van der Waals surface area contributed by atoms with Gasteiger partial charge in [-0.15, -0.1) is 5.34 Å². The second kappa shape index (κ2) is 26.4. The molecule has 0 aliphatic carbocycles. The standard InChI is InChI=1S/C3H7O.HNO2.Na/c1-2-3-4;2-1-3;/h4H,1-3H2;(H,2,3);/q;;+1/p-1. The molecule has 0 saturated carbocycles. The number of nitrogens with zero attached hydrogens (tertiary/aromatic N) is 1. The largest absolute Gasteiger partial charge is 1.00 e. The van der Waals surface area contributed by atoms with Crippen LogP contribution in [-0.4, -0.2) is 11.7 Å². The Labute approximate surface area is 70.1 Å². The molecule has 0 aromatic carbocycles. The van der Waals surface area contributed by atoms with Crippen molar-refractivity contribution in [3.05, 3.63) is 17.0 Å². The van der Waals surface area contributed by atoms with Crippen molar-refractivity contribution in [1.82, 2.24) is 0 Å². The summed E-state index contributed by atoms with van der Waals surface area (Å²) in [4.78, 5) is 8.00. The summed E-state index contributed by atoms with van der Waals surface area (Å²) >= 11 is 0. The van der Waals surface area contributed by atoms with E-state index in [1.807, 2.05) is 0 Å². The van der Waals surface area contributed by atoms with E-state index in [0.29, 0.717) is 6.42 Å². The van der Waals surface area contributed by atoms with Crippen LogP contribution in [-0.2, 0) is 0 Å². The first-order valence-corrected chi connectivity index (χ1v) is 1.68. The molecule has 0 rings (SSSR count). The third kappa shape index (κ3) is 98.8. The van der Waals surface area contributed by atoms with Crippen LogP contribution in [0.2, 0.25) is 0 Å². The summed E-state index contributed by atoms with van der Waals surface area (Å²) in [5, 5.41) is 16.8. The van der Waals surface area contributed by atoms with Crippen molar-refractivity contribution in [2.24, 2.45) is 5.34 Å². The molecule has 0 fully saturated rings. The van der Waals surface area contributed by atoms with Gasteiger partial charge in [-0.2, -0.15) is 0 Å². The Morgan fingerprint density at radius 3 is 1.88 bits per heavy atom. The van der Waals surface area contributed by atoms with E-state index >= 15 is 0 Å². The molecule has 5 heteroatoms. The summed E-state index contributed by atoms with van der Waals surface area (Å²) in [7, 11) is 0. The number of hydrogen-bond donors (Lipinski definition) is 1. The quantitative estimate of drug-likeness (QED) is 0.240. The van der Waals surface area contributed by atoms with Gasteiger partial charge in [-0.3, -0.25) is 0 Å². The predicted octanol–water partition coefficient (Wildman–Crippen LogP) is -2.54. The maximum atomic E-state index is 8.00. The van der Waals surface area contributed by atoms with Crippen molar-refractivity contribution in [1.29, 1.82) is 0 Å².